The maximum absolute atomic E-state index is 13.2. The maximum Gasteiger partial charge on any atom is 0.273 e. The number of carbonyl (C=O) groups is 2. The largest absolute Gasteiger partial charge is 0.369 e. The van der Waals surface area contributed by atoms with Gasteiger partial charge in [-0.05, 0) is 44.6 Å². The summed E-state index contributed by atoms with van der Waals surface area (Å²) < 4.78 is 5.34. The lowest BCUT2D eigenvalue weighted by atomic mass is 10.1. The normalized spacial score (nSPS) is 18.0. The van der Waals surface area contributed by atoms with Gasteiger partial charge in [-0.2, -0.15) is 0 Å². The molecule has 0 bridgehead atoms. The van der Waals surface area contributed by atoms with Crippen molar-refractivity contribution in [2.45, 2.75) is 44.8 Å². The molecule has 150 valence electrons. The lowest BCUT2D eigenvalue weighted by Gasteiger charge is -2.31. The van der Waals surface area contributed by atoms with Gasteiger partial charge in [0, 0.05) is 44.9 Å². The third-order valence-electron chi connectivity index (χ3n) is 5.75. The van der Waals surface area contributed by atoms with Gasteiger partial charge in [0.15, 0.2) is 0 Å². The fourth-order valence-corrected chi connectivity index (χ4v) is 3.76. The molecule has 3 rings (SSSR count). The van der Waals surface area contributed by atoms with E-state index in [1.54, 1.807) is 32.1 Å². The Morgan fingerprint density at radius 2 is 1.93 bits per heavy atom. The van der Waals surface area contributed by atoms with Crippen LogP contribution < -0.4 is 0 Å². The van der Waals surface area contributed by atoms with Crippen LogP contribution in [0.2, 0.25) is 0 Å². The van der Waals surface area contributed by atoms with Crippen LogP contribution in [-0.4, -0.2) is 65.5 Å². The van der Waals surface area contributed by atoms with Gasteiger partial charge in [0.05, 0.1) is 0 Å². The molecule has 1 saturated heterocycles. The molecule has 0 aliphatic carbocycles. The molecule has 2 heterocycles. The van der Waals surface area contributed by atoms with E-state index in [9.17, 15) is 9.59 Å². The van der Waals surface area contributed by atoms with Crippen molar-refractivity contribution < 1.29 is 14.3 Å². The van der Waals surface area contributed by atoms with Crippen molar-refractivity contribution in [3.63, 3.8) is 0 Å². The Kier molecular flexibility index (Phi) is 5.98. The number of hydrogen-bond donors (Lipinski definition) is 0. The molecule has 0 spiro atoms. The van der Waals surface area contributed by atoms with Crippen molar-refractivity contribution in [3.8, 4) is 0 Å². The molecule has 0 saturated carbocycles. The SMILES string of the molecule is COC(C)(C)C(=O)N1CCCC(N(C)C(=O)c2nccc3ccccc23)CC1. The average molecular weight is 383 g/mol. The lowest BCUT2D eigenvalue weighted by Crippen LogP contribution is -2.47. The molecule has 0 radical (unpaired) electrons. The van der Waals surface area contributed by atoms with Crippen LogP contribution >= 0.6 is 0 Å². The number of methoxy groups -OCH3 is 1. The van der Waals surface area contributed by atoms with Gasteiger partial charge < -0.3 is 14.5 Å². The van der Waals surface area contributed by atoms with E-state index in [-0.39, 0.29) is 17.9 Å². The van der Waals surface area contributed by atoms with Crippen LogP contribution in [0.1, 0.15) is 43.6 Å². The zero-order valence-corrected chi connectivity index (χ0v) is 17.1. The number of fused-ring (bicyclic) bond motifs is 1. The number of hydrogen-bond acceptors (Lipinski definition) is 4. The quantitative estimate of drug-likeness (QED) is 0.814. The first-order chi connectivity index (χ1) is 13.3. The summed E-state index contributed by atoms with van der Waals surface area (Å²) in [6, 6.07) is 9.80. The average Bonchev–Trinajstić information content (AvgIpc) is 2.97. The molecule has 1 aliphatic rings. The van der Waals surface area contributed by atoms with Crippen molar-refractivity contribution in [1.29, 1.82) is 0 Å². The summed E-state index contributed by atoms with van der Waals surface area (Å²) in [5.41, 5.74) is -0.340. The number of amides is 2. The third kappa shape index (κ3) is 4.02. The number of nitrogens with zero attached hydrogens (tertiary/aromatic N) is 3. The number of aromatic nitrogens is 1. The molecule has 1 aromatic carbocycles. The zero-order valence-electron chi connectivity index (χ0n) is 17.1. The summed E-state index contributed by atoms with van der Waals surface area (Å²) in [6.45, 7) is 4.90. The van der Waals surface area contributed by atoms with Crippen LogP contribution in [-0.2, 0) is 9.53 Å². The van der Waals surface area contributed by atoms with Gasteiger partial charge in [0.25, 0.3) is 11.8 Å². The van der Waals surface area contributed by atoms with Crippen molar-refractivity contribution >= 4 is 22.6 Å². The van der Waals surface area contributed by atoms with E-state index in [0.717, 1.165) is 30.0 Å². The highest BCUT2D eigenvalue weighted by atomic mass is 16.5. The maximum atomic E-state index is 13.2. The second-order valence-electron chi connectivity index (χ2n) is 7.89. The summed E-state index contributed by atoms with van der Waals surface area (Å²) in [7, 11) is 3.40. The summed E-state index contributed by atoms with van der Waals surface area (Å²) in [4.78, 5) is 33.9. The summed E-state index contributed by atoms with van der Waals surface area (Å²) in [5.74, 6) is -0.0702. The Morgan fingerprint density at radius 1 is 1.18 bits per heavy atom. The first kappa shape index (κ1) is 20.3. The number of likely N-dealkylation sites (tertiary alicyclic amines) is 1. The number of benzene rings is 1. The fraction of sp³-hybridized carbons (Fsp3) is 0.500. The van der Waals surface area contributed by atoms with Crippen molar-refractivity contribution in [2.24, 2.45) is 0 Å². The standard InChI is InChI=1S/C22H29N3O3/c1-22(2,28-4)21(27)25-14-7-9-17(12-15-25)24(3)20(26)19-18-10-6-5-8-16(18)11-13-23-19/h5-6,8,10-11,13,17H,7,9,12,14-15H2,1-4H3. The van der Waals surface area contributed by atoms with Crippen molar-refractivity contribution in [3.05, 3.63) is 42.2 Å². The number of ether oxygens (including phenoxy) is 1. The Balaban J connectivity index is 1.73. The van der Waals surface area contributed by atoms with Crippen LogP contribution in [0.15, 0.2) is 36.5 Å². The summed E-state index contributed by atoms with van der Waals surface area (Å²) in [6.07, 6.45) is 4.16. The van der Waals surface area contributed by atoms with Gasteiger partial charge in [0.1, 0.15) is 11.3 Å². The van der Waals surface area contributed by atoms with Crippen LogP contribution in [0, 0.1) is 0 Å². The Morgan fingerprint density at radius 3 is 2.68 bits per heavy atom. The minimum absolute atomic E-state index is 0.000324. The van der Waals surface area contributed by atoms with Gasteiger partial charge >= 0.3 is 0 Å². The van der Waals surface area contributed by atoms with E-state index in [4.69, 9.17) is 4.74 Å². The highest BCUT2D eigenvalue weighted by Crippen LogP contribution is 2.23. The number of carbonyl (C=O) groups excluding carboxylic acids is 2. The Hall–Kier alpha value is -2.47. The van der Waals surface area contributed by atoms with Crippen molar-refractivity contribution in [2.75, 3.05) is 27.2 Å². The predicted molar refractivity (Wildman–Crippen MR) is 109 cm³/mol. The van der Waals surface area contributed by atoms with Gasteiger partial charge in [-0.1, -0.05) is 24.3 Å². The van der Waals surface area contributed by atoms with E-state index in [0.29, 0.717) is 18.8 Å². The monoisotopic (exact) mass is 383 g/mol. The highest BCUT2D eigenvalue weighted by Gasteiger charge is 2.34. The summed E-state index contributed by atoms with van der Waals surface area (Å²) in [5, 5.41) is 1.88. The van der Waals surface area contributed by atoms with Gasteiger partial charge in [-0.3, -0.25) is 14.6 Å². The van der Waals surface area contributed by atoms with Gasteiger partial charge in [0.2, 0.25) is 0 Å². The molecule has 2 amide bonds. The number of pyridine rings is 1. The minimum atomic E-state index is -0.825. The lowest BCUT2D eigenvalue weighted by molar-refractivity contribution is -0.150. The molecule has 2 aromatic rings. The van der Waals surface area contributed by atoms with Crippen LogP contribution in [0.3, 0.4) is 0 Å². The van der Waals surface area contributed by atoms with Gasteiger partial charge in [-0.25, -0.2) is 0 Å². The van der Waals surface area contributed by atoms with Crippen LogP contribution in [0.4, 0.5) is 0 Å². The van der Waals surface area contributed by atoms with E-state index in [1.807, 2.05) is 42.3 Å². The van der Waals surface area contributed by atoms with Crippen LogP contribution in [0.5, 0.6) is 0 Å². The molecule has 1 atom stereocenters. The Labute approximate surface area is 166 Å². The Bertz CT molecular complexity index is 860. The fourth-order valence-electron chi connectivity index (χ4n) is 3.76. The smallest absolute Gasteiger partial charge is 0.273 e. The second kappa shape index (κ2) is 8.27. The molecule has 1 unspecified atom stereocenters. The second-order valence-corrected chi connectivity index (χ2v) is 7.89. The topological polar surface area (TPSA) is 62.7 Å². The molecule has 1 aromatic heterocycles. The molecule has 6 heteroatoms. The first-order valence-electron chi connectivity index (χ1n) is 9.80. The predicted octanol–water partition coefficient (Wildman–Crippen LogP) is 3.11. The van der Waals surface area contributed by atoms with E-state index in [2.05, 4.69) is 4.98 Å². The highest BCUT2D eigenvalue weighted by molar-refractivity contribution is 6.05. The molecule has 1 aliphatic heterocycles. The number of rotatable bonds is 4. The molecule has 6 nitrogen and oxygen atoms in total. The minimum Gasteiger partial charge on any atom is -0.369 e. The molecular formula is C22H29N3O3. The summed E-state index contributed by atoms with van der Waals surface area (Å²) >= 11 is 0. The molecular weight excluding hydrogens is 354 g/mol. The van der Waals surface area contributed by atoms with E-state index < -0.39 is 5.60 Å². The molecule has 1 fully saturated rings. The van der Waals surface area contributed by atoms with Crippen LogP contribution in [0.25, 0.3) is 10.8 Å². The first-order valence-corrected chi connectivity index (χ1v) is 9.80. The van der Waals surface area contributed by atoms with E-state index >= 15 is 0 Å². The van der Waals surface area contributed by atoms with Crippen molar-refractivity contribution in [1.82, 2.24) is 14.8 Å². The third-order valence-corrected chi connectivity index (χ3v) is 5.75. The molecule has 0 N–H and O–H groups in total. The van der Waals surface area contributed by atoms with Gasteiger partial charge in [-0.15, -0.1) is 0 Å². The van der Waals surface area contributed by atoms with E-state index in [1.165, 1.54) is 0 Å². The zero-order chi connectivity index (χ0) is 20.3. The molecule has 28 heavy (non-hydrogen) atoms.